The summed E-state index contributed by atoms with van der Waals surface area (Å²) in [5, 5.41) is 6.96. The van der Waals surface area contributed by atoms with Crippen LogP contribution in [0.1, 0.15) is 36.8 Å². The Morgan fingerprint density at radius 2 is 2.24 bits per heavy atom. The number of nitrogens with one attached hydrogen (secondary N) is 2. The molecular weight excluding hydrogens is 208 g/mol. The fourth-order valence-electron chi connectivity index (χ4n) is 2.62. The van der Waals surface area contributed by atoms with E-state index in [1.54, 1.807) is 0 Å². The molecule has 1 saturated carbocycles. The zero-order valence-electron chi connectivity index (χ0n) is 10.5. The fourth-order valence-corrected chi connectivity index (χ4v) is 2.62. The highest BCUT2D eigenvalue weighted by Gasteiger charge is 2.19. The molecule has 1 aliphatic heterocycles. The topological polar surface area (TPSA) is 24.1 Å². The molecule has 2 heteroatoms. The molecule has 1 fully saturated rings. The first kappa shape index (κ1) is 11.1. The molecule has 92 valence electrons. The van der Waals surface area contributed by atoms with Crippen molar-refractivity contribution in [3.8, 4) is 0 Å². The largest absolute Gasteiger partial charge is 0.384 e. The molecule has 0 unspecified atom stereocenters. The lowest BCUT2D eigenvalue weighted by atomic mass is 10.1. The first-order valence-electron chi connectivity index (χ1n) is 6.98. The Balaban J connectivity index is 1.41. The third kappa shape index (κ3) is 3.01. The maximum atomic E-state index is 3.56. The molecule has 1 aromatic carbocycles. The predicted octanol–water partition coefficient (Wildman–Crippen LogP) is 2.93. The van der Waals surface area contributed by atoms with E-state index < -0.39 is 0 Å². The van der Waals surface area contributed by atoms with Crippen LogP contribution in [0.4, 0.5) is 5.69 Å². The Morgan fingerprint density at radius 3 is 3.12 bits per heavy atom. The van der Waals surface area contributed by atoms with Crippen molar-refractivity contribution in [2.45, 2.75) is 38.6 Å². The molecule has 0 bridgehead atoms. The van der Waals surface area contributed by atoms with Crippen LogP contribution < -0.4 is 10.6 Å². The molecule has 17 heavy (non-hydrogen) atoms. The lowest BCUT2D eigenvalue weighted by Gasteiger charge is -2.06. The second-order valence-electron chi connectivity index (χ2n) is 5.43. The van der Waals surface area contributed by atoms with Crippen molar-refractivity contribution in [1.82, 2.24) is 5.32 Å². The molecule has 0 aromatic heterocycles. The molecule has 2 aliphatic rings. The minimum atomic E-state index is 1.03. The fraction of sp³-hybridized carbons (Fsp3) is 0.600. The molecule has 1 heterocycles. The summed E-state index contributed by atoms with van der Waals surface area (Å²) in [4.78, 5) is 0. The van der Waals surface area contributed by atoms with E-state index in [1.165, 1.54) is 55.5 Å². The Labute approximate surface area is 104 Å². The van der Waals surface area contributed by atoms with E-state index in [0.717, 1.165) is 19.0 Å². The maximum Gasteiger partial charge on any atom is 0.0373 e. The van der Waals surface area contributed by atoms with Gasteiger partial charge in [0.15, 0.2) is 0 Å². The molecule has 3 rings (SSSR count). The molecule has 1 aliphatic carbocycles. The molecule has 0 spiro atoms. The van der Waals surface area contributed by atoms with Gasteiger partial charge >= 0.3 is 0 Å². The van der Waals surface area contributed by atoms with E-state index in [4.69, 9.17) is 0 Å². The molecule has 0 amide bonds. The number of fused-ring (bicyclic) bond motifs is 1. The quantitative estimate of drug-likeness (QED) is 0.734. The van der Waals surface area contributed by atoms with E-state index >= 15 is 0 Å². The zero-order chi connectivity index (χ0) is 11.5. The van der Waals surface area contributed by atoms with Crippen LogP contribution in [0.25, 0.3) is 0 Å². The number of benzene rings is 1. The molecular formula is C15H22N2. The van der Waals surface area contributed by atoms with Crippen LogP contribution in [0, 0.1) is 5.92 Å². The van der Waals surface area contributed by atoms with Gasteiger partial charge < -0.3 is 10.6 Å². The summed E-state index contributed by atoms with van der Waals surface area (Å²) in [5.74, 6) is 1.07. The van der Waals surface area contributed by atoms with Gasteiger partial charge in [-0.3, -0.25) is 0 Å². The van der Waals surface area contributed by atoms with Gasteiger partial charge in [0, 0.05) is 18.8 Å². The number of hydrogen-bond donors (Lipinski definition) is 2. The third-order valence-electron chi connectivity index (χ3n) is 3.87. The molecule has 0 atom stereocenters. The van der Waals surface area contributed by atoms with E-state index in [-0.39, 0.29) is 0 Å². The number of rotatable bonds is 6. The van der Waals surface area contributed by atoms with Crippen LogP contribution in [0.3, 0.4) is 0 Å². The average Bonchev–Trinajstić information content (AvgIpc) is 3.05. The van der Waals surface area contributed by atoms with Crippen LogP contribution >= 0.6 is 0 Å². The van der Waals surface area contributed by atoms with Gasteiger partial charge in [0.2, 0.25) is 0 Å². The molecule has 2 N–H and O–H groups in total. The normalized spacial score (nSPS) is 17.9. The Bertz CT molecular complexity index is 383. The van der Waals surface area contributed by atoms with E-state index in [1.807, 2.05) is 0 Å². The van der Waals surface area contributed by atoms with Gasteiger partial charge in [-0.25, -0.2) is 0 Å². The van der Waals surface area contributed by atoms with Crippen molar-refractivity contribution in [2.24, 2.45) is 5.92 Å². The van der Waals surface area contributed by atoms with Crippen LogP contribution in [-0.2, 0) is 13.0 Å². The summed E-state index contributed by atoms with van der Waals surface area (Å²) < 4.78 is 0. The average molecular weight is 230 g/mol. The highest BCUT2D eigenvalue weighted by atomic mass is 14.9. The summed E-state index contributed by atoms with van der Waals surface area (Å²) in [6, 6.07) is 6.82. The summed E-state index contributed by atoms with van der Waals surface area (Å²) in [7, 11) is 0. The van der Waals surface area contributed by atoms with Crippen LogP contribution in [0.15, 0.2) is 18.2 Å². The van der Waals surface area contributed by atoms with Crippen LogP contribution in [0.2, 0.25) is 0 Å². The van der Waals surface area contributed by atoms with Crippen molar-refractivity contribution in [3.63, 3.8) is 0 Å². The smallest absolute Gasteiger partial charge is 0.0373 e. The monoisotopic (exact) mass is 230 g/mol. The lowest BCUT2D eigenvalue weighted by Crippen LogP contribution is -2.14. The van der Waals surface area contributed by atoms with Crippen LogP contribution in [-0.4, -0.2) is 13.1 Å². The predicted molar refractivity (Wildman–Crippen MR) is 72.3 cm³/mol. The van der Waals surface area contributed by atoms with Crippen molar-refractivity contribution in [1.29, 1.82) is 0 Å². The summed E-state index contributed by atoms with van der Waals surface area (Å²) in [6.45, 7) is 3.30. The van der Waals surface area contributed by atoms with Gasteiger partial charge in [0.1, 0.15) is 0 Å². The Kier molecular flexibility index (Phi) is 3.32. The van der Waals surface area contributed by atoms with E-state index in [2.05, 4.69) is 28.8 Å². The van der Waals surface area contributed by atoms with Gasteiger partial charge in [0.05, 0.1) is 0 Å². The highest BCUT2D eigenvalue weighted by Crippen LogP contribution is 2.33. The van der Waals surface area contributed by atoms with Gasteiger partial charge in [-0.15, -0.1) is 0 Å². The zero-order valence-corrected chi connectivity index (χ0v) is 10.5. The Hall–Kier alpha value is -1.02. The second-order valence-corrected chi connectivity index (χ2v) is 5.43. The molecule has 2 nitrogen and oxygen atoms in total. The van der Waals surface area contributed by atoms with Crippen molar-refractivity contribution in [2.75, 3.05) is 18.4 Å². The van der Waals surface area contributed by atoms with E-state index in [9.17, 15) is 0 Å². The highest BCUT2D eigenvalue weighted by molar-refractivity contribution is 5.56. The molecule has 0 radical (unpaired) electrons. The van der Waals surface area contributed by atoms with Crippen molar-refractivity contribution in [3.05, 3.63) is 29.3 Å². The summed E-state index contributed by atoms with van der Waals surface area (Å²) in [6.07, 6.45) is 6.93. The summed E-state index contributed by atoms with van der Waals surface area (Å²) >= 11 is 0. The molecule has 0 saturated heterocycles. The molecule has 1 aromatic rings. The summed E-state index contributed by atoms with van der Waals surface area (Å²) in [5.41, 5.74) is 4.25. The first-order chi connectivity index (χ1) is 8.42. The SMILES string of the molecule is c1cc2c(cc1CNCCCC1CC1)CCN2. The van der Waals surface area contributed by atoms with Crippen LogP contribution in [0.5, 0.6) is 0 Å². The lowest BCUT2D eigenvalue weighted by molar-refractivity contribution is 0.594. The second kappa shape index (κ2) is 5.09. The van der Waals surface area contributed by atoms with Crippen molar-refractivity contribution >= 4 is 5.69 Å². The van der Waals surface area contributed by atoms with Gasteiger partial charge in [-0.1, -0.05) is 25.0 Å². The number of anilines is 1. The maximum absolute atomic E-state index is 3.56. The van der Waals surface area contributed by atoms with E-state index in [0.29, 0.717) is 0 Å². The van der Waals surface area contributed by atoms with Gasteiger partial charge in [-0.05, 0) is 48.9 Å². The Morgan fingerprint density at radius 1 is 1.29 bits per heavy atom. The van der Waals surface area contributed by atoms with Crippen molar-refractivity contribution < 1.29 is 0 Å². The first-order valence-corrected chi connectivity index (χ1v) is 6.98. The van der Waals surface area contributed by atoms with Gasteiger partial charge in [0.25, 0.3) is 0 Å². The van der Waals surface area contributed by atoms with Gasteiger partial charge in [-0.2, -0.15) is 0 Å². The third-order valence-corrected chi connectivity index (χ3v) is 3.87. The standard InChI is InChI=1S/C15H22N2/c1(2-12-3-4-12)8-16-11-13-5-6-15-14(10-13)7-9-17-15/h5-6,10,12,16-17H,1-4,7-9,11H2. The minimum absolute atomic E-state index is 1.03. The minimum Gasteiger partial charge on any atom is -0.384 e. The number of hydrogen-bond acceptors (Lipinski definition) is 2.